The molecule has 1 saturated heterocycles. The van der Waals surface area contributed by atoms with Crippen molar-refractivity contribution in [1.82, 2.24) is 10.2 Å². The molecule has 2 aromatic carbocycles. The summed E-state index contributed by atoms with van der Waals surface area (Å²) in [5.74, 6) is 0.318. The lowest BCUT2D eigenvalue weighted by Crippen LogP contribution is -2.30. The lowest BCUT2D eigenvalue weighted by Gasteiger charge is -2.14. The Morgan fingerprint density at radius 2 is 1.96 bits per heavy atom. The summed E-state index contributed by atoms with van der Waals surface area (Å²) in [6.45, 7) is 2.41. The van der Waals surface area contributed by atoms with E-state index in [1.165, 1.54) is 0 Å². The van der Waals surface area contributed by atoms with Gasteiger partial charge in [-0.2, -0.15) is 0 Å². The average Bonchev–Trinajstić information content (AvgIpc) is 3.09. The third-order valence-corrected chi connectivity index (χ3v) is 4.43. The van der Waals surface area contributed by atoms with Gasteiger partial charge in [-0.3, -0.25) is 4.79 Å². The van der Waals surface area contributed by atoms with E-state index in [0.717, 1.165) is 5.56 Å². The Balaban J connectivity index is 1.50. The predicted molar refractivity (Wildman–Crippen MR) is 102 cm³/mol. The minimum absolute atomic E-state index is 0.203. The van der Waals surface area contributed by atoms with Crippen LogP contribution >= 0.6 is 11.6 Å². The number of amides is 2. The highest BCUT2D eigenvalue weighted by molar-refractivity contribution is 6.30. The van der Waals surface area contributed by atoms with Crippen LogP contribution in [0.5, 0.6) is 5.75 Å². The maximum atomic E-state index is 12.5. The first-order valence-electron chi connectivity index (χ1n) is 8.79. The van der Waals surface area contributed by atoms with Crippen molar-refractivity contribution in [3.05, 3.63) is 64.7 Å². The van der Waals surface area contributed by atoms with Crippen LogP contribution in [0.15, 0.2) is 48.5 Å². The summed E-state index contributed by atoms with van der Waals surface area (Å²) in [5, 5.41) is 3.54. The van der Waals surface area contributed by atoms with Crippen molar-refractivity contribution in [3.8, 4) is 5.75 Å². The molecule has 0 atom stereocenters. The van der Waals surface area contributed by atoms with Crippen LogP contribution in [0.3, 0.4) is 0 Å². The summed E-state index contributed by atoms with van der Waals surface area (Å²) < 4.78 is 10.7. The largest absolute Gasteiger partial charge is 0.488 e. The van der Waals surface area contributed by atoms with E-state index < -0.39 is 0 Å². The Labute approximate surface area is 163 Å². The first-order valence-corrected chi connectivity index (χ1v) is 9.17. The first kappa shape index (κ1) is 19.0. The Morgan fingerprint density at radius 3 is 2.70 bits per heavy atom. The molecule has 7 heteroatoms. The normalized spacial score (nSPS) is 13.4. The standard InChI is InChI=1S/C20H21ClN2O4/c21-16-8-6-15(7-9-16)14-27-18-5-2-1-4-17(18)19(24)22-10-3-11-23-12-13-26-20(23)25/h1-2,4-9H,3,10-14H2,(H,22,24). The van der Waals surface area contributed by atoms with E-state index in [2.05, 4.69) is 5.32 Å². The van der Waals surface area contributed by atoms with Crippen molar-refractivity contribution < 1.29 is 19.1 Å². The second kappa shape index (κ2) is 9.28. The van der Waals surface area contributed by atoms with Gasteiger partial charge < -0.3 is 19.7 Å². The first-order chi connectivity index (χ1) is 13.1. The van der Waals surface area contributed by atoms with Gasteiger partial charge in [0.25, 0.3) is 5.91 Å². The van der Waals surface area contributed by atoms with E-state index in [0.29, 0.717) is 55.6 Å². The number of hydrogen-bond acceptors (Lipinski definition) is 4. The molecule has 6 nitrogen and oxygen atoms in total. The van der Waals surface area contributed by atoms with Gasteiger partial charge in [0.2, 0.25) is 0 Å². The SMILES string of the molecule is O=C(NCCCN1CCOC1=O)c1ccccc1OCc1ccc(Cl)cc1. The van der Waals surface area contributed by atoms with Crippen molar-refractivity contribution in [2.24, 2.45) is 0 Å². The third-order valence-electron chi connectivity index (χ3n) is 4.17. The monoisotopic (exact) mass is 388 g/mol. The zero-order valence-electron chi connectivity index (χ0n) is 14.8. The molecular weight excluding hydrogens is 368 g/mol. The topological polar surface area (TPSA) is 67.9 Å². The molecule has 1 aliphatic heterocycles. The summed E-state index contributed by atoms with van der Waals surface area (Å²) in [6, 6.07) is 14.5. The molecule has 142 valence electrons. The van der Waals surface area contributed by atoms with Gasteiger partial charge >= 0.3 is 6.09 Å². The fourth-order valence-corrected chi connectivity index (χ4v) is 2.84. The smallest absolute Gasteiger partial charge is 0.409 e. The third kappa shape index (κ3) is 5.37. The predicted octanol–water partition coefficient (Wildman–Crippen LogP) is 3.49. The van der Waals surface area contributed by atoms with Crippen LogP contribution in [-0.4, -0.2) is 43.1 Å². The number of para-hydroxylation sites is 1. The minimum atomic E-state index is -0.290. The van der Waals surface area contributed by atoms with Gasteiger partial charge in [0.05, 0.1) is 12.1 Å². The summed E-state index contributed by atoms with van der Waals surface area (Å²) in [5.41, 5.74) is 1.44. The zero-order chi connectivity index (χ0) is 19.1. The number of nitrogens with one attached hydrogen (secondary N) is 1. The number of carbonyl (C=O) groups is 2. The molecule has 0 spiro atoms. The average molecular weight is 389 g/mol. The molecule has 0 aromatic heterocycles. The number of rotatable bonds is 8. The van der Waals surface area contributed by atoms with Gasteiger partial charge in [0.1, 0.15) is 19.0 Å². The molecule has 1 aliphatic rings. The van der Waals surface area contributed by atoms with Crippen LogP contribution in [0.25, 0.3) is 0 Å². The van der Waals surface area contributed by atoms with E-state index in [4.69, 9.17) is 21.1 Å². The van der Waals surface area contributed by atoms with Crippen LogP contribution in [0, 0.1) is 0 Å². The molecule has 2 aromatic rings. The molecule has 0 aliphatic carbocycles. The van der Waals surface area contributed by atoms with Crippen molar-refractivity contribution in [1.29, 1.82) is 0 Å². The van der Waals surface area contributed by atoms with Crippen LogP contribution in [0.1, 0.15) is 22.3 Å². The van der Waals surface area contributed by atoms with Crippen LogP contribution in [0.4, 0.5) is 4.79 Å². The molecule has 0 saturated carbocycles. The fourth-order valence-electron chi connectivity index (χ4n) is 2.72. The maximum Gasteiger partial charge on any atom is 0.409 e. The van der Waals surface area contributed by atoms with Gasteiger partial charge in [-0.1, -0.05) is 35.9 Å². The van der Waals surface area contributed by atoms with E-state index in [9.17, 15) is 9.59 Å². The van der Waals surface area contributed by atoms with Crippen LogP contribution < -0.4 is 10.1 Å². The molecule has 27 heavy (non-hydrogen) atoms. The second-order valence-corrected chi connectivity index (χ2v) is 6.56. The number of carbonyl (C=O) groups excluding carboxylic acids is 2. The van der Waals surface area contributed by atoms with E-state index in [-0.39, 0.29) is 12.0 Å². The number of cyclic esters (lactones) is 1. The summed E-state index contributed by atoms with van der Waals surface area (Å²) in [6.07, 6.45) is 0.372. The fraction of sp³-hybridized carbons (Fsp3) is 0.300. The molecule has 0 unspecified atom stereocenters. The van der Waals surface area contributed by atoms with E-state index in [1.807, 2.05) is 18.2 Å². The van der Waals surface area contributed by atoms with Gasteiger partial charge in [0, 0.05) is 18.1 Å². The van der Waals surface area contributed by atoms with E-state index >= 15 is 0 Å². The highest BCUT2D eigenvalue weighted by Crippen LogP contribution is 2.20. The van der Waals surface area contributed by atoms with Crippen molar-refractivity contribution in [2.75, 3.05) is 26.2 Å². The molecule has 1 heterocycles. The van der Waals surface area contributed by atoms with Gasteiger partial charge in [-0.25, -0.2) is 4.79 Å². The molecule has 0 bridgehead atoms. The van der Waals surface area contributed by atoms with Crippen LogP contribution in [-0.2, 0) is 11.3 Å². The van der Waals surface area contributed by atoms with Gasteiger partial charge in [0.15, 0.2) is 0 Å². The quantitative estimate of drug-likeness (QED) is 0.703. The Bertz CT molecular complexity index is 795. The maximum absolute atomic E-state index is 12.5. The van der Waals surface area contributed by atoms with Crippen molar-refractivity contribution >= 4 is 23.6 Å². The Hall–Kier alpha value is -2.73. The highest BCUT2D eigenvalue weighted by atomic mass is 35.5. The van der Waals surface area contributed by atoms with Crippen molar-refractivity contribution in [3.63, 3.8) is 0 Å². The highest BCUT2D eigenvalue weighted by Gasteiger charge is 2.21. The van der Waals surface area contributed by atoms with Crippen molar-refractivity contribution in [2.45, 2.75) is 13.0 Å². The van der Waals surface area contributed by atoms with E-state index in [1.54, 1.807) is 35.2 Å². The second-order valence-electron chi connectivity index (χ2n) is 6.12. The molecule has 1 fully saturated rings. The number of nitrogens with zero attached hydrogens (tertiary/aromatic N) is 1. The molecule has 2 amide bonds. The van der Waals surface area contributed by atoms with Gasteiger partial charge in [-0.05, 0) is 36.2 Å². The molecule has 3 rings (SSSR count). The molecule has 0 radical (unpaired) electrons. The number of ether oxygens (including phenoxy) is 2. The Kier molecular flexibility index (Phi) is 6.54. The summed E-state index contributed by atoms with van der Waals surface area (Å²) in [7, 11) is 0. The number of benzene rings is 2. The summed E-state index contributed by atoms with van der Waals surface area (Å²) in [4.78, 5) is 25.5. The lowest BCUT2D eigenvalue weighted by atomic mass is 10.2. The molecule has 1 N–H and O–H groups in total. The number of hydrogen-bond donors (Lipinski definition) is 1. The minimum Gasteiger partial charge on any atom is -0.488 e. The molecular formula is C20H21ClN2O4. The Morgan fingerprint density at radius 1 is 1.19 bits per heavy atom. The zero-order valence-corrected chi connectivity index (χ0v) is 15.6. The lowest BCUT2D eigenvalue weighted by molar-refractivity contribution is 0.0948. The number of halogens is 1. The van der Waals surface area contributed by atoms with Gasteiger partial charge in [-0.15, -0.1) is 0 Å². The van der Waals surface area contributed by atoms with Crippen LogP contribution in [0.2, 0.25) is 5.02 Å². The summed E-state index contributed by atoms with van der Waals surface area (Å²) >= 11 is 5.88.